The van der Waals surface area contributed by atoms with Gasteiger partial charge in [-0.3, -0.25) is 19.4 Å². The quantitative estimate of drug-likeness (QED) is 0.710. The van der Waals surface area contributed by atoms with Crippen molar-refractivity contribution in [3.63, 3.8) is 0 Å². The first-order chi connectivity index (χ1) is 14.5. The Kier molecular flexibility index (Phi) is 5.43. The summed E-state index contributed by atoms with van der Waals surface area (Å²) in [7, 11) is 1.56. The Labute approximate surface area is 173 Å². The van der Waals surface area contributed by atoms with Gasteiger partial charge in [0, 0.05) is 24.7 Å². The predicted octanol–water partition coefficient (Wildman–Crippen LogP) is 2.22. The highest BCUT2D eigenvalue weighted by Gasteiger charge is 2.35. The van der Waals surface area contributed by atoms with E-state index in [1.807, 2.05) is 4.90 Å². The molecule has 2 aliphatic rings. The van der Waals surface area contributed by atoms with Gasteiger partial charge < -0.3 is 20.3 Å². The molecule has 0 aliphatic carbocycles. The minimum atomic E-state index is -0.917. The van der Waals surface area contributed by atoms with E-state index in [0.717, 1.165) is 25.8 Å². The molecule has 0 spiro atoms. The number of benzene rings is 1. The van der Waals surface area contributed by atoms with E-state index in [1.165, 1.54) is 0 Å². The Morgan fingerprint density at radius 1 is 1.23 bits per heavy atom. The highest BCUT2D eigenvalue weighted by Crippen LogP contribution is 2.31. The number of aromatic nitrogens is 2. The third-order valence-corrected chi connectivity index (χ3v) is 5.69. The van der Waals surface area contributed by atoms with Crippen LogP contribution >= 0.6 is 0 Å². The van der Waals surface area contributed by atoms with Crippen LogP contribution in [0.25, 0.3) is 0 Å². The number of ether oxygens (including phenoxy) is 1. The number of piperidine rings is 1. The Morgan fingerprint density at radius 2 is 2.00 bits per heavy atom. The SMILES string of the molecule is COc1ccc(NC(=O)[C@H]2CC(=O)Nc3nc(N4CCCC[C@H]4C)[nH]c(=O)c32)cc1. The number of amides is 2. The zero-order valence-corrected chi connectivity index (χ0v) is 17.0. The maximum atomic E-state index is 12.9. The van der Waals surface area contributed by atoms with Crippen molar-refractivity contribution >= 4 is 29.3 Å². The lowest BCUT2D eigenvalue weighted by molar-refractivity contribution is -0.123. The Bertz CT molecular complexity index is 1020. The van der Waals surface area contributed by atoms with Crippen molar-refractivity contribution in [3.05, 3.63) is 40.2 Å². The standard InChI is InChI=1S/C21H25N5O4/c1-12-5-3-4-10-26(12)21-24-18-17(20(29)25-21)15(11-16(27)23-18)19(28)22-13-6-8-14(30-2)9-7-13/h6-9,12,15H,3-5,10-11H2,1-2H3,(H,22,28)(H2,23,24,25,27,29)/t12-,15+/m1/s1. The van der Waals surface area contributed by atoms with E-state index in [9.17, 15) is 14.4 Å². The maximum absolute atomic E-state index is 12.9. The number of hydrogen-bond acceptors (Lipinski definition) is 6. The monoisotopic (exact) mass is 411 g/mol. The third-order valence-electron chi connectivity index (χ3n) is 5.69. The summed E-state index contributed by atoms with van der Waals surface area (Å²) in [6.07, 6.45) is 3.06. The van der Waals surface area contributed by atoms with Gasteiger partial charge in [-0.2, -0.15) is 4.98 Å². The summed E-state index contributed by atoms with van der Waals surface area (Å²) in [5.74, 6) is -0.425. The molecule has 1 aromatic heterocycles. The molecule has 0 saturated carbocycles. The number of nitrogens with zero attached hydrogens (tertiary/aromatic N) is 2. The van der Waals surface area contributed by atoms with Crippen molar-refractivity contribution in [2.45, 2.75) is 44.6 Å². The second-order valence-corrected chi connectivity index (χ2v) is 7.71. The van der Waals surface area contributed by atoms with Crippen LogP contribution in [-0.4, -0.2) is 41.5 Å². The number of aromatic amines is 1. The average molecular weight is 411 g/mol. The predicted molar refractivity (Wildman–Crippen MR) is 113 cm³/mol. The number of carbonyl (C=O) groups excluding carboxylic acids is 2. The molecule has 2 aromatic rings. The summed E-state index contributed by atoms with van der Waals surface area (Å²) >= 11 is 0. The molecule has 9 heteroatoms. The van der Waals surface area contributed by atoms with Crippen molar-refractivity contribution in [2.75, 3.05) is 29.2 Å². The third kappa shape index (κ3) is 3.87. The molecule has 9 nitrogen and oxygen atoms in total. The maximum Gasteiger partial charge on any atom is 0.258 e. The van der Waals surface area contributed by atoms with Crippen LogP contribution in [0, 0.1) is 0 Å². The van der Waals surface area contributed by atoms with Crippen LogP contribution in [0.4, 0.5) is 17.5 Å². The number of carbonyl (C=O) groups is 2. The van der Waals surface area contributed by atoms with Crippen LogP contribution in [0.5, 0.6) is 5.75 Å². The van der Waals surface area contributed by atoms with E-state index in [0.29, 0.717) is 17.4 Å². The Hall–Kier alpha value is -3.36. The van der Waals surface area contributed by atoms with Crippen molar-refractivity contribution in [1.29, 1.82) is 0 Å². The molecule has 2 amide bonds. The fraction of sp³-hybridized carbons (Fsp3) is 0.429. The number of rotatable bonds is 4. The first-order valence-electron chi connectivity index (χ1n) is 10.1. The van der Waals surface area contributed by atoms with Crippen molar-refractivity contribution in [1.82, 2.24) is 9.97 Å². The number of H-pyrrole nitrogens is 1. The van der Waals surface area contributed by atoms with Gasteiger partial charge in [-0.25, -0.2) is 0 Å². The fourth-order valence-corrected chi connectivity index (χ4v) is 4.04. The number of hydrogen-bond donors (Lipinski definition) is 3. The highest BCUT2D eigenvalue weighted by molar-refractivity contribution is 6.04. The fourth-order valence-electron chi connectivity index (χ4n) is 4.04. The van der Waals surface area contributed by atoms with Gasteiger partial charge in [0.2, 0.25) is 17.8 Å². The van der Waals surface area contributed by atoms with Gasteiger partial charge in [0.15, 0.2) is 0 Å². The van der Waals surface area contributed by atoms with Gasteiger partial charge in [-0.1, -0.05) is 0 Å². The zero-order chi connectivity index (χ0) is 21.3. The molecule has 158 valence electrons. The molecule has 2 atom stereocenters. The lowest BCUT2D eigenvalue weighted by Crippen LogP contribution is -2.41. The average Bonchev–Trinajstić information content (AvgIpc) is 2.73. The summed E-state index contributed by atoms with van der Waals surface area (Å²) < 4.78 is 5.11. The van der Waals surface area contributed by atoms with E-state index in [4.69, 9.17) is 4.74 Å². The van der Waals surface area contributed by atoms with Crippen molar-refractivity contribution in [2.24, 2.45) is 0 Å². The van der Waals surface area contributed by atoms with Crippen LogP contribution in [0.2, 0.25) is 0 Å². The molecule has 3 N–H and O–H groups in total. The van der Waals surface area contributed by atoms with Crippen molar-refractivity contribution in [3.8, 4) is 5.75 Å². The van der Waals surface area contributed by atoms with Crippen LogP contribution < -0.4 is 25.8 Å². The summed E-state index contributed by atoms with van der Waals surface area (Å²) in [6, 6.07) is 7.08. The van der Waals surface area contributed by atoms with E-state index < -0.39 is 17.4 Å². The van der Waals surface area contributed by atoms with E-state index in [2.05, 4.69) is 27.5 Å². The molecule has 0 radical (unpaired) electrons. The van der Waals surface area contributed by atoms with E-state index in [-0.39, 0.29) is 29.8 Å². The second-order valence-electron chi connectivity index (χ2n) is 7.71. The summed E-state index contributed by atoms with van der Waals surface area (Å²) in [4.78, 5) is 47.5. The van der Waals surface area contributed by atoms with E-state index >= 15 is 0 Å². The molecular formula is C21H25N5O4. The minimum absolute atomic E-state index is 0.112. The molecule has 1 aromatic carbocycles. The summed E-state index contributed by atoms with van der Waals surface area (Å²) in [5, 5.41) is 5.44. The normalized spacial score (nSPS) is 20.9. The van der Waals surface area contributed by atoms with Gasteiger partial charge in [0.1, 0.15) is 11.6 Å². The minimum Gasteiger partial charge on any atom is -0.497 e. The van der Waals surface area contributed by atoms with Gasteiger partial charge in [0.25, 0.3) is 5.56 Å². The van der Waals surface area contributed by atoms with Gasteiger partial charge in [-0.05, 0) is 50.5 Å². The van der Waals surface area contributed by atoms with Crippen LogP contribution in [0.3, 0.4) is 0 Å². The molecule has 1 fully saturated rings. The van der Waals surface area contributed by atoms with Gasteiger partial charge in [-0.15, -0.1) is 0 Å². The summed E-state index contributed by atoms with van der Waals surface area (Å²) in [5.41, 5.74) is 0.341. The lowest BCUT2D eigenvalue weighted by Gasteiger charge is -2.34. The second kappa shape index (κ2) is 8.17. The molecule has 4 rings (SSSR count). The van der Waals surface area contributed by atoms with Gasteiger partial charge >= 0.3 is 0 Å². The number of anilines is 3. The molecule has 30 heavy (non-hydrogen) atoms. The number of fused-ring (bicyclic) bond motifs is 1. The molecule has 1 saturated heterocycles. The van der Waals surface area contributed by atoms with Gasteiger partial charge in [0.05, 0.1) is 18.6 Å². The molecule has 3 heterocycles. The smallest absolute Gasteiger partial charge is 0.258 e. The first kappa shape index (κ1) is 19.9. The summed E-state index contributed by atoms with van der Waals surface area (Å²) in [6.45, 7) is 2.88. The molecule has 2 aliphatic heterocycles. The lowest BCUT2D eigenvalue weighted by atomic mass is 9.92. The zero-order valence-electron chi connectivity index (χ0n) is 17.0. The number of methoxy groups -OCH3 is 1. The topological polar surface area (TPSA) is 116 Å². The molecule has 0 bridgehead atoms. The Morgan fingerprint density at radius 3 is 2.70 bits per heavy atom. The molecular weight excluding hydrogens is 386 g/mol. The number of nitrogens with one attached hydrogen (secondary N) is 3. The first-order valence-corrected chi connectivity index (χ1v) is 10.1. The highest BCUT2D eigenvalue weighted by atomic mass is 16.5. The molecule has 0 unspecified atom stereocenters. The van der Waals surface area contributed by atoms with Crippen LogP contribution in [0.15, 0.2) is 29.1 Å². The largest absolute Gasteiger partial charge is 0.497 e. The Balaban J connectivity index is 1.63. The van der Waals surface area contributed by atoms with E-state index in [1.54, 1.807) is 31.4 Å². The van der Waals surface area contributed by atoms with Crippen LogP contribution in [-0.2, 0) is 9.59 Å². The van der Waals surface area contributed by atoms with Crippen LogP contribution in [0.1, 0.15) is 44.1 Å². The van der Waals surface area contributed by atoms with Crippen molar-refractivity contribution < 1.29 is 14.3 Å².